The number of nitrogens with one attached hydrogen (secondary N) is 1. The molecule has 80 valence electrons. The first kappa shape index (κ1) is 10.0. The van der Waals surface area contributed by atoms with Crippen LogP contribution < -0.4 is 5.32 Å². The van der Waals surface area contributed by atoms with Crippen LogP contribution in [0.4, 0.5) is 0 Å². The van der Waals surface area contributed by atoms with Gasteiger partial charge in [0.1, 0.15) is 6.33 Å². The van der Waals surface area contributed by atoms with Crippen molar-refractivity contribution in [2.45, 2.75) is 6.54 Å². The molecule has 0 fully saturated rings. The fraction of sp³-hybridized carbons (Fsp3) is 0.444. The molecule has 1 N–H and O–H groups in total. The highest BCUT2D eigenvalue weighted by Crippen LogP contribution is 2.00. The summed E-state index contributed by atoms with van der Waals surface area (Å²) >= 11 is 0. The summed E-state index contributed by atoms with van der Waals surface area (Å²) in [5.74, 6) is 0.856. The highest BCUT2D eigenvalue weighted by molar-refractivity contribution is 5.35. The zero-order valence-corrected chi connectivity index (χ0v) is 8.55. The van der Waals surface area contributed by atoms with Gasteiger partial charge in [0.15, 0.2) is 11.5 Å². The van der Waals surface area contributed by atoms with Crippen molar-refractivity contribution in [2.75, 3.05) is 20.3 Å². The van der Waals surface area contributed by atoms with Crippen LogP contribution in [0, 0.1) is 0 Å². The van der Waals surface area contributed by atoms with E-state index >= 15 is 0 Å². The van der Waals surface area contributed by atoms with Crippen LogP contribution in [-0.4, -0.2) is 39.8 Å². The van der Waals surface area contributed by atoms with Gasteiger partial charge < -0.3 is 10.1 Å². The topological polar surface area (TPSA) is 64.3 Å². The summed E-state index contributed by atoms with van der Waals surface area (Å²) in [4.78, 5) is 4.02. The molecule has 2 aromatic heterocycles. The van der Waals surface area contributed by atoms with E-state index in [9.17, 15) is 0 Å². The van der Waals surface area contributed by atoms with Crippen molar-refractivity contribution in [3.8, 4) is 0 Å². The molecule has 0 aliphatic rings. The Labute approximate surface area is 87.3 Å². The van der Waals surface area contributed by atoms with Gasteiger partial charge in [-0.2, -0.15) is 0 Å². The minimum Gasteiger partial charge on any atom is -0.383 e. The fourth-order valence-electron chi connectivity index (χ4n) is 1.29. The van der Waals surface area contributed by atoms with Crippen LogP contribution in [0.15, 0.2) is 18.6 Å². The molecular weight excluding hydrogens is 194 g/mol. The maximum absolute atomic E-state index is 4.93. The van der Waals surface area contributed by atoms with Gasteiger partial charge in [0.2, 0.25) is 0 Å². The predicted octanol–water partition coefficient (Wildman–Crippen LogP) is -0.140. The average molecular weight is 207 g/mol. The molecule has 2 aromatic rings. The molecule has 0 spiro atoms. The van der Waals surface area contributed by atoms with Gasteiger partial charge >= 0.3 is 0 Å². The highest BCUT2D eigenvalue weighted by atomic mass is 16.5. The first-order valence-electron chi connectivity index (χ1n) is 4.75. The Kier molecular flexibility index (Phi) is 3.21. The van der Waals surface area contributed by atoms with Crippen molar-refractivity contribution in [1.82, 2.24) is 24.9 Å². The first-order valence-corrected chi connectivity index (χ1v) is 4.75. The van der Waals surface area contributed by atoms with Gasteiger partial charge in [-0.1, -0.05) is 0 Å². The Bertz CT molecular complexity index is 427. The van der Waals surface area contributed by atoms with Gasteiger partial charge in [-0.3, -0.25) is 4.40 Å². The van der Waals surface area contributed by atoms with Crippen molar-refractivity contribution >= 4 is 5.65 Å². The molecule has 0 radical (unpaired) electrons. The van der Waals surface area contributed by atoms with Crippen LogP contribution in [0.5, 0.6) is 0 Å². The molecule has 0 aliphatic carbocycles. The number of hydrogen-bond donors (Lipinski definition) is 1. The fourth-order valence-corrected chi connectivity index (χ4v) is 1.29. The second kappa shape index (κ2) is 4.81. The number of aromatic nitrogens is 4. The third-order valence-electron chi connectivity index (χ3n) is 2.05. The molecule has 0 saturated carbocycles. The Balaban J connectivity index is 2.02. The van der Waals surface area contributed by atoms with E-state index in [0.29, 0.717) is 13.2 Å². The molecule has 2 heterocycles. The molecule has 0 amide bonds. The van der Waals surface area contributed by atoms with Crippen molar-refractivity contribution in [3.63, 3.8) is 0 Å². The van der Waals surface area contributed by atoms with E-state index in [4.69, 9.17) is 4.74 Å². The van der Waals surface area contributed by atoms with E-state index < -0.39 is 0 Å². The summed E-state index contributed by atoms with van der Waals surface area (Å²) in [5.41, 5.74) is 0.813. The summed E-state index contributed by atoms with van der Waals surface area (Å²) in [6, 6.07) is 1.83. The van der Waals surface area contributed by atoms with Gasteiger partial charge in [-0.25, -0.2) is 4.98 Å². The molecule has 6 nitrogen and oxygen atoms in total. The summed E-state index contributed by atoms with van der Waals surface area (Å²) in [6.45, 7) is 2.15. The largest absolute Gasteiger partial charge is 0.383 e. The molecule has 0 saturated heterocycles. The average Bonchev–Trinajstić information content (AvgIpc) is 2.68. The minimum atomic E-state index is 0.663. The van der Waals surface area contributed by atoms with E-state index in [1.54, 1.807) is 19.6 Å². The zero-order chi connectivity index (χ0) is 10.5. The Hall–Kier alpha value is -1.53. The van der Waals surface area contributed by atoms with E-state index in [2.05, 4.69) is 20.5 Å². The summed E-state index contributed by atoms with van der Waals surface area (Å²) in [6.07, 6.45) is 3.41. The summed E-state index contributed by atoms with van der Waals surface area (Å²) < 4.78 is 6.79. The highest BCUT2D eigenvalue weighted by Gasteiger charge is 2.03. The number of nitrogens with zero attached hydrogens (tertiary/aromatic N) is 4. The van der Waals surface area contributed by atoms with Crippen molar-refractivity contribution in [3.05, 3.63) is 24.4 Å². The number of ether oxygens (including phenoxy) is 1. The molecule has 15 heavy (non-hydrogen) atoms. The molecule has 0 unspecified atom stereocenters. The number of fused-ring (bicyclic) bond motifs is 1. The number of hydrogen-bond acceptors (Lipinski definition) is 5. The molecule has 0 aliphatic heterocycles. The molecule has 0 bridgehead atoms. The molecule has 6 heteroatoms. The normalized spacial score (nSPS) is 11.0. The van der Waals surface area contributed by atoms with Gasteiger partial charge in [0, 0.05) is 25.9 Å². The third kappa shape index (κ3) is 2.28. The van der Waals surface area contributed by atoms with E-state index in [0.717, 1.165) is 18.0 Å². The molecule has 2 rings (SSSR count). The van der Waals surface area contributed by atoms with Crippen molar-refractivity contribution in [2.24, 2.45) is 0 Å². The Morgan fingerprint density at radius 3 is 3.27 bits per heavy atom. The lowest BCUT2D eigenvalue weighted by Crippen LogP contribution is -2.20. The number of methoxy groups -OCH3 is 1. The Morgan fingerprint density at radius 2 is 2.40 bits per heavy atom. The van der Waals surface area contributed by atoms with Gasteiger partial charge in [-0.15, -0.1) is 10.2 Å². The molecular formula is C9H13N5O. The lowest BCUT2D eigenvalue weighted by molar-refractivity contribution is 0.199. The maximum atomic E-state index is 4.93. The lowest BCUT2D eigenvalue weighted by atomic mass is 10.5. The number of rotatable bonds is 5. The van der Waals surface area contributed by atoms with Crippen molar-refractivity contribution in [1.29, 1.82) is 0 Å². The smallest absolute Gasteiger partial charge is 0.163 e. The van der Waals surface area contributed by atoms with E-state index in [-0.39, 0.29) is 0 Å². The summed E-state index contributed by atoms with van der Waals surface area (Å²) in [5, 5.41) is 11.3. The maximum Gasteiger partial charge on any atom is 0.163 e. The van der Waals surface area contributed by atoms with E-state index in [1.165, 1.54) is 0 Å². The first-order chi connectivity index (χ1) is 7.42. The summed E-state index contributed by atoms with van der Waals surface area (Å²) in [7, 11) is 1.68. The lowest BCUT2D eigenvalue weighted by Gasteiger charge is -2.01. The SMILES string of the molecule is COCCNCc1nnc2ccncn12. The van der Waals surface area contributed by atoms with Gasteiger partial charge in [0.25, 0.3) is 0 Å². The molecule has 0 atom stereocenters. The van der Waals surface area contributed by atoms with Crippen LogP contribution in [0.1, 0.15) is 5.82 Å². The monoisotopic (exact) mass is 207 g/mol. The van der Waals surface area contributed by atoms with E-state index in [1.807, 2.05) is 10.5 Å². The predicted molar refractivity (Wildman–Crippen MR) is 54.4 cm³/mol. The standard InChI is InChI=1S/C9H13N5O/c1-15-5-4-10-6-9-13-12-8-2-3-11-7-14(8)9/h2-3,7,10H,4-6H2,1H3. The third-order valence-corrected chi connectivity index (χ3v) is 2.05. The van der Waals surface area contributed by atoms with Crippen LogP contribution >= 0.6 is 0 Å². The van der Waals surface area contributed by atoms with Crippen LogP contribution in [-0.2, 0) is 11.3 Å². The zero-order valence-electron chi connectivity index (χ0n) is 8.55. The van der Waals surface area contributed by atoms with Crippen molar-refractivity contribution < 1.29 is 4.74 Å². The second-order valence-corrected chi connectivity index (χ2v) is 3.09. The van der Waals surface area contributed by atoms with Gasteiger partial charge in [0.05, 0.1) is 13.2 Å². The van der Waals surface area contributed by atoms with Gasteiger partial charge in [-0.05, 0) is 0 Å². The van der Waals surface area contributed by atoms with Crippen LogP contribution in [0.3, 0.4) is 0 Å². The van der Waals surface area contributed by atoms with Crippen LogP contribution in [0.2, 0.25) is 0 Å². The quantitative estimate of drug-likeness (QED) is 0.691. The second-order valence-electron chi connectivity index (χ2n) is 3.09. The minimum absolute atomic E-state index is 0.663. The molecule has 0 aromatic carbocycles. The Morgan fingerprint density at radius 1 is 1.47 bits per heavy atom. The van der Waals surface area contributed by atoms with Crippen LogP contribution in [0.25, 0.3) is 5.65 Å².